The molecule has 7 nitrogen and oxygen atoms in total. The number of nitrogens with one attached hydrogen (secondary N) is 1. The first-order valence-electron chi connectivity index (χ1n) is 11.1. The van der Waals surface area contributed by atoms with Crippen molar-refractivity contribution in [3.8, 4) is 28.3 Å². The van der Waals surface area contributed by atoms with Crippen LogP contribution >= 0.6 is 12.4 Å². The second-order valence-corrected chi connectivity index (χ2v) is 8.39. The van der Waals surface area contributed by atoms with Crippen molar-refractivity contribution in [3.05, 3.63) is 66.4 Å². The molecule has 1 fully saturated rings. The molecule has 0 atom stereocenters. The van der Waals surface area contributed by atoms with Crippen LogP contribution in [0.5, 0.6) is 5.75 Å². The van der Waals surface area contributed by atoms with Gasteiger partial charge in [-0.15, -0.1) is 25.6 Å². The normalized spacial score (nSPS) is 14.5. The number of piperazine rings is 1. The van der Waals surface area contributed by atoms with E-state index in [1.807, 2.05) is 24.1 Å². The second kappa shape index (κ2) is 10.2. The van der Waals surface area contributed by atoms with Crippen molar-refractivity contribution >= 4 is 29.5 Å². The number of carbonyl (C=O) groups excluding carboxylic acids is 1. The number of carbonyl (C=O) groups is 1. The number of benzene rings is 2. The predicted octanol–water partition coefficient (Wildman–Crippen LogP) is 5.00. The third kappa shape index (κ3) is 5.44. The third-order valence-corrected chi connectivity index (χ3v) is 5.99. The van der Waals surface area contributed by atoms with Gasteiger partial charge in [0.15, 0.2) is 5.65 Å². The number of rotatable bonds is 4. The van der Waals surface area contributed by atoms with Crippen molar-refractivity contribution in [1.29, 1.82) is 0 Å². The van der Waals surface area contributed by atoms with Crippen molar-refractivity contribution in [2.24, 2.45) is 0 Å². The summed E-state index contributed by atoms with van der Waals surface area (Å²) in [5.74, 6) is 0.301. The van der Waals surface area contributed by atoms with E-state index in [1.165, 1.54) is 12.1 Å². The van der Waals surface area contributed by atoms with Gasteiger partial charge in [0.1, 0.15) is 11.6 Å². The zero-order valence-electron chi connectivity index (χ0n) is 19.2. The molecular weight excluding hydrogens is 495 g/mol. The van der Waals surface area contributed by atoms with E-state index >= 15 is 0 Å². The highest BCUT2D eigenvalue weighted by atomic mass is 35.5. The van der Waals surface area contributed by atoms with Crippen LogP contribution in [0.25, 0.3) is 33.7 Å². The molecule has 1 saturated heterocycles. The van der Waals surface area contributed by atoms with E-state index in [0.29, 0.717) is 41.2 Å². The molecule has 0 radical (unpaired) electrons. The third-order valence-electron chi connectivity index (χ3n) is 5.99. The zero-order chi connectivity index (χ0) is 24.6. The number of likely N-dealkylation sites (N-methyl/N-ethyl adjacent to an activating group) is 1. The van der Waals surface area contributed by atoms with Crippen molar-refractivity contribution < 1.29 is 22.7 Å². The molecule has 0 spiro atoms. The van der Waals surface area contributed by atoms with Gasteiger partial charge >= 0.3 is 6.36 Å². The van der Waals surface area contributed by atoms with Crippen LogP contribution in [-0.4, -0.2) is 70.2 Å². The highest BCUT2D eigenvalue weighted by Gasteiger charge is 2.31. The topological polar surface area (TPSA) is 74.3 Å². The molecule has 188 valence electrons. The number of aromatic nitrogens is 3. The van der Waals surface area contributed by atoms with E-state index in [9.17, 15) is 18.0 Å². The molecule has 36 heavy (non-hydrogen) atoms. The highest BCUT2D eigenvalue weighted by molar-refractivity contribution is 5.95. The van der Waals surface area contributed by atoms with E-state index in [2.05, 4.69) is 24.6 Å². The van der Waals surface area contributed by atoms with Crippen LogP contribution in [0.3, 0.4) is 0 Å². The van der Waals surface area contributed by atoms with Crippen LogP contribution in [-0.2, 0) is 0 Å². The van der Waals surface area contributed by atoms with Crippen LogP contribution in [0.4, 0.5) is 13.2 Å². The van der Waals surface area contributed by atoms with Gasteiger partial charge < -0.3 is 19.5 Å². The molecule has 0 bridgehead atoms. The van der Waals surface area contributed by atoms with Gasteiger partial charge in [-0.05, 0) is 42.9 Å². The number of hydrogen-bond donors (Lipinski definition) is 1. The van der Waals surface area contributed by atoms with Crippen molar-refractivity contribution in [1.82, 2.24) is 24.8 Å². The Bertz CT molecular complexity index is 1350. The molecule has 5 rings (SSSR count). The standard InChI is InChI=1S/C25H22F3N5O2.ClH/c1-32-12-14-33(15-13-32)24(34)18-4-2-17(3-5-18)22-30-21-20(10-11-29-23(21)31-22)16-6-8-19(9-7-16)35-25(26,27)28;/h2-11H,12-15H2,1H3,(H,29,30,31);1H. The van der Waals surface area contributed by atoms with Gasteiger partial charge in [0.25, 0.3) is 5.91 Å². The van der Waals surface area contributed by atoms with Gasteiger partial charge in [0.2, 0.25) is 0 Å². The molecule has 2 aromatic carbocycles. The Morgan fingerprint density at radius 2 is 1.58 bits per heavy atom. The van der Waals surface area contributed by atoms with Gasteiger partial charge in [0, 0.05) is 49.1 Å². The van der Waals surface area contributed by atoms with Crippen LogP contribution in [0.2, 0.25) is 0 Å². The zero-order valence-corrected chi connectivity index (χ0v) is 20.1. The van der Waals surface area contributed by atoms with Crippen molar-refractivity contribution in [2.75, 3.05) is 33.2 Å². The van der Waals surface area contributed by atoms with Gasteiger partial charge in [-0.3, -0.25) is 4.79 Å². The lowest BCUT2D eigenvalue weighted by atomic mass is 10.1. The van der Waals surface area contributed by atoms with E-state index in [0.717, 1.165) is 24.2 Å². The Balaban J connectivity index is 0.00000304. The molecule has 0 aliphatic carbocycles. The van der Waals surface area contributed by atoms with Crippen LogP contribution in [0, 0.1) is 0 Å². The predicted molar refractivity (Wildman–Crippen MR) is 132 cm³/mol. The average molecular weight is 518 g/mol. The summed E-state index contributed by atoms with van der Waals surface area (Å²) < 4.78 is 41.3. The summed E-state index contributed by atoms with van der Waals surface area (Å²) in [4.78, 5) is 29.0. The molecule has 0 saturated carbocycles. The van der Waals surface area contributed by atoms with E-state index in [-0.39, 0.29) is 24.1 Å². The number of pyridine rings is 1. The fourth-order valence-corrected chi connectivity index (χ4v) is 4.09. The minimum atomic E-state index is -4.74. The Morgan fingerprint density at radius 1 is 0.944 bits per heavy atom. The fraction of sp³-hybridized carbons (Fsp3) is 0.240. The van der Waals surface area contributed by atoms with Crippen LogP contribution in [0.1, 0.15) is 10.4 Å². The number of fused-ring (bicyclic) bond motifs is 1. The molecule has 1 N–H and O–H groups in total. The summed E-state index contributed by atoms with van der Waals surface area (Å²) in [6, 6.07) is 14.7. The number of nitrogens with zero attached hydrogens (tertiary/aromatic N) is 4. The molecule has 2 aromatic heterocycles. The number of imidazole rings is 1. The number of hydrogen-bond acceptors (Lipinski definition) is 5. The summed E-state index contributed by atoms with van der Waals surface area (Å²) in [6.45, 7) is 3.13. The maximum absolute atomic E-state index is 12.8. The lowest BCUT2D eigenvalue weighted by Crippen LogP contribution is -2.47. The molecule has 3 heterocycles. The Labute approximate surface area is 211 Å². The molecule has 1 aliphatic rings. The van der Waals surface area contributed by atoms with Crippen molar-refractivity contribution in [3.63, 3.8) is 0 Å². The van der Waals surface area contributed by atoms with Crippen LogP contribution < -0.4 is 4.74 Å². The molecular formula is C25H23ClF3N5O2. The second-order valence-electron chi connectivity index (χ2n) is 8.39. The summed E-state index contributed by atoms with van der Waals surface area (Å²) in [7, 11) is 2.04. The minimum absolute atomic E-state index is 0. The first kappa shape index (κ1) is 25.5. The quantitative estimate of drug-likeness (QED) is 0.412. The Kier molecular flexibility index (Phi) is 7.18. The smallest absolute Gasteiger partial charge is 0.406 e. The molecule has 0 unspecified atom stereocenters. The number of alkyl halides is 3. The largest absolute Gasteiger partial charge is 0.573 e. The SMILES string of the molecule is CN1CCN(C(=O)c2ccc(-c3nc4nccc(-c5ccc(OC(F)(F)F)cc5)c4[nH]3)cc2)CC1.Cl. The van der Waals surface area contributed by atoms with Gasteiger partial charge in [-0.25, -0.2) is 9.97 Å². The fourth-order valence-electron chi connectivity index (χ4n) is 4.09. The number of ether oxygens (including phenoxy) is 1. The average Bonchev–Trinajstić information content (AvgIpc) is 3.28. The first-order valence-corrected chi connectivity index (χ1v) is 11.1. The highest BCUT2D eigenvalue weighted by Crippen LogP contribution is 2.31. The first-order chi connectivity index (χ1) is 16.8. The maximum Gasteiger partial charge on any atom is 0.573 e. The van der Waals surface area contributed by atoms with E-state index in [1.54, 1.807) is 36.5 Å². The minimum Gasteiger partial charge on any atom is -0.406 e. The van der Waals surface area contributed by atoms with E-state index < -0.39 is 6.36 Å². The summed E-state index contributed by atoms with van der Waals surface area (Å²) in [5.41, 5.74) is 3.98. The van der Waals surface area contributed by atoms with Gasteiger partial charge in [-0.2, -0.15) is 0 Å². The Hall–Kier alpha value is -3.63. The number of H-pyrrole nitrogens is 1. The van der Waals surface area contributed by atoms with E-state index in [4.69, 9.17) is 0 Å². The summed E-state index contributed by atoms with van der Waals surface area (Å²) in [6.07, 6.45) is -3.14. The van der Waals surface area contributed by atoms with Gasteiger partial charge in [0.05, 0.1) is 5.52 Å². The Morgan fingerprint density at radius 3 is 2.22 bits per heavy atom. The molecule has 1 amide bonds. The van der Waals surface area contributed by atoms with Gasteiger partial charge in [-0.1, -0.05) is 24.3 Å². The lowest BCUT2D eigenvalue weighted by molar-refractivity contribution is -0.274. The molecule has 11 heteroatoms. The molecule has 4 aromatic rings. The number of amides is 1. The van der Waals surface area contributed by atoms with Crippen molar-refractivity contribution in [2.45, 2.75) is 6.36 Å². The number of halogens is 4. The number of aromatic amines is 1. The maximum atomic E-state index is 12.8. The summed E-state index contributed by atoms with van der Waals surface area (Å²) in [5, 5.41) is 0. The summed E-state index contributed by atoms with van der Waals surface area (Å²) >= 11 is 0. The molecule has 1 aliphatic heterocycles. The monoisotopic (exact) mass is 517 g/mol. The van der Waals surface area contributed by atoms with Crippen LogP contribution in [0.15, 0.2) is 60.8 Å². The lowest BCUT2D eigenvalue weighted by Gasteiger charge is -2.32.